The lowest BCUT2D eigenvalue weighted by Gasteiger charge is -2.16. The maximum atomic E-state index is 10.2. The van der Waals surface area contributed by atoms with E-state index in [4.69, 9.17) is 16.3 Å². The summed E-state index contributed by atoms with van der Waals surface area (Å²) in [5, 5.41) is 3.59. The summed E-state index contributed by atoms with van der Waals surface area (Å²) < 4.78 is 5.02. The quantitative estimate of drug-likeness (QED) is 0.632. The minimum atomic E-state index is -0.513. The van der Waals surface area contributed by atoms with Crippen LogP contribution >= 0.6 is 11.6 Å². The molecule has 0 amide bonds. The lowest BCUT2D eigenvalue weighted by atomic mass is 10.2. The molecule has 3 nitrogen and oxygen atoms in total. The first-order valence-electron chi connectivity index (χ1n) is 4.44. The minimum Gasteiger partial charge on any atom is -0.357 e. The first-order chi connectivity index (χ1) is 7.19. The summed E-state index contributed by atoms with van der Waals surface area (Å²) >= 11 is 6.00. The van der Waals surface area contributed by atoms with Gasteiger partial charge in [0.2, 0.25) is 0 Å². The van der Waals surface area contributed by atoms with Gasteiger partial charge in [-0.15, -0.1) is 0 Å². The van der Waals surface area contributed by atoms with Crippen LogP contribution < -0.4 is 5.32 Å². The second kappa shape index (κ2) is 5.56. The van der Waals surface area contributed by atoms with Crippen LogP contribution in [0.4, 0.5) is 5.69 Å². The Kier molecular flexibility index (Phi) is 4.37. The van der Waals surface area contributed by atoms with Crippen molar-refractivity contribution in [1.82, 2.24) is 0 Å². The van der Waals surface area contributed by atoms with Gasteiger partial charge in [-0.3, -0.25) is 0 Å². The molecule has 0 fully saturated rings. The standard InChI is InChI=1S/C11H12ClNO2/c1-8-4-3-5-9(12)11(8)13-10(15-2)6-7-14/h3-6,10,13H,1-2H3. The second-order valence-electron chi connectivity index (χ2n) is 3.02. The monoisotopic (exact) mass is 225 g/mol. The molecule has 0 heterocycles. The van der Waals surface area contributed by atoms with Gasteiger partial charge in [-0.05, 0) is 18.6 Å². The van der Waals surface area contributed by atoms with E-state index in [1.165, 1.54) is 13.2 Å². The van der Waals surface area contributed by atoms with Crippen LogP contribution in [0.1, 0.15) is 5.56 Å². The van der Waals surface area contributed by atoms with Gasteiger partial charge >= 0.3 is 0 Å². The predicted octanol–water partition coefficient (Wildman–Crippen LogP) is 2.42. The van der Waals surface area contributed by atoms with Crippen LogP contribution in [0.25, 0.3) is 0 Å². The Labute approximate surface area is 93.7 Å². The van der Waals surface area contributed by atoms with Crippen molar-refractivity contribution in [2.24, 2.45) is 0 Å². The first-order valence-corrected chi connectivity index (χ1v) is 4.82. The number of para-hydroxylation sites is 1. The average Bonchev–Trinajstić information content (AvgIpc) is 2.22. The second-order valence-corrected chi connectivity index (χ2v) is 3.42. The lowest BCUT2D eigenvalue weighted by molar-refractivity contribution is 0.163. The Bertz CT molecular complexity index is 366. The van der Waals surface area contributed by atoms with Crippen LogP contribution in [-0.4, -0.2) is 19.3 Å². The van der Waals surface area contributed by atoms with Crippen LogP contribution in [0.5, 0.6) is 0 Å². The van der Waals surface area contributed by atoms with Crippen molar-refractivity contribution in [3.63, 3.8) is 0 Å². The molecular formula is C11H12ClNO2. The van der Waals surface area contributed by atoms with Crippen molar-refractivity contribution in [3.8, 4) is 0 Å². The van der Waals surface area contributed by atoms with Gasteiger partial charge < -0.3 is 10.1 Å². The SMILES string of the molecule is COC(C=C=O)Nc1c(C)cccc1Cl. The van der Waals surface area contributed by atoms with Crippen molar-refractivity contribution in [1.29, 1.82) is 0 Å². The molecule has 0 bridgehead atoms. The maximum Gasteiger partial charge on any atom is 0.157 e. The predicted molar refractivity (Wildman–Crippen MR) is 60.9 cm³/mol. The summed E-state index contributed by atoms with van der Waals surface area (Å²) in [5.41, 5.74) is 1.75. The molecule has 80 valence electrons. The number of ether oxygens (including phenoxy) is 1. The number of aryl methyl sites for hydroxylation is 1. The third kappa shape index (κ3) is 3.10. The maximum absolute atomic E-state index is 10.2. The Morgan fingerprint density at radius 2 is 2.33 bits per heavy atom. The summed E-state index contributed by atoms with van der Waals surface area (Å²) in [6, 6.07) is 5.56. The number of carbonyl (C=O) groups excluding carboxylic acids is 1. The number of anilines is 1. The van der Waals surface area contributed by atoms with E-state index in [0.717, 1.165) is 11.3 Å². The van der Waals surface area contributed by atoms with E-state index in [9.17, 15) is 4.79 Å². The molecule has 15 heavy (non-hydrogen) atoms. The Morgan fingerprint density at radius 3 is 2.87 bits per heavy atom. The summed E-state index contributed by atoms with van der Waals surface area (Å²) in [7, 11) is 1.50. The van der Waals surface area contributed by atoms with E-state index >= 15 is 0 Å². The number of methoxy groups -OCH3 is 1. The van der Waals surface area contributed by atoms with Gasteiger partial charge in [-0.1, -0.05) is 23.7 Å². The van der Waals surface area contributed by atoms with Crippen molar-refractivity contribution in [2.45, 2.75) is 13.2 Å². The lowest BCUT2D eigenvalue weighted by Crippen LogP contribution is -2.19. The highest BCUT2D eigenvalue weighted by molar-refractivity contribution is 6.33. The number of hydrogen-bond acceptors (Lipinski definition) is 3. The van der Waals surface area contributed by atoms with Crippen molar-refractivity contribution >= 4 is 23.2 Å². The van der Waals surface area contributed by atoms with Crippen LogP contribution in [0, 0.1) is 6.92 Å². The average molecular weight is 226 g/mol. The van der Waals surface area contributed by atoms with Crippen LogP contribution in [0.15, 0.2) is 24.3 Å². The van der Waals surface area contributed by atoms with Gasteiger partial charge in [0.15, 0.2) is 6.23 Å². The van der Waals surface area contributed by atoms with Gasteiger partial charge in [0.1, 0.15) is 5.94 Å². The van der Waals surface area contributed by atoms with Gasteiger partial charge in [0.05, 0.1) is 10.7 Å². The summed E-state index contributed by atoms with van der Waals surface area (Å²) in [6.45, 7) is 1.92. The van der Waals surface area contributed by atoms with E-state index in [-0.39, 0.29) is 0 Å². The van der Waals surface area contributed by atoms with Crippen molar-refractivity contribution in [3.05, 3.63) is 34.9 Å². The van der Waals surface area contributed by atoms with Crippen molar-refractivity contribution in [2.75, 3.05) is 12.4 Å². The zero-order valence-electron chi connectivity index (χ0n) is 8.58. The topological polar surface area (TPSA) is 38.3 Å². The highest BCUT2D eigenvalue weighted by Gasteiger charge is 2.08. The number of benzene rings is 1. The fourth-order valence-electron chi connectivity index (χ4n) is 1.19. The third-order valence-electron chi connectivity index (χ3n) is 1.98. The fourth-order valence-corrected chi connectivity index (χ4v) is 1.46. The zero-order valence-corrected chi connectivity index (χ0v) is 9.34. The summed E-state index contributed by atoms with van der Waals surface area (Å²) in [4.78, 5) is 10.2. The van der Waals surface area contributed by atoms with Gasteiger partial charge in [0, 0.05) is 13.2 Å². The Morgan fingerprint density at radius 1 is 1.60 bits per heavy atom. The minimum absolute atomic E-state index is 0.513. The van der Waals surface area contributed by atoms with Crippen LogP contribution in [0.2, 0.25) is 5.02 Å². The van der Waals surface area contributed by atoms with E-state index in [0.29, 0.717) is 5.02 Å². The largest absolute Gasteiger partial charge is 0.357 e. The molecule has 1 aromatic rings. The van der Waals surface area contributed by atoms with E-state index in [1.807, 2.05) is 19.1 Å². The highest BCUT2D eigenvalue weighted by Crippen LogP contribution is 2.25. The molecule has 0 radical (unpaired) electrons. The molecule has 1 unspecified atom stereocenters. The van der Waals surface area contributed by atoms with Gasteiger partial charge in [0.25, 0.3) is 0 Å². The molecular weight excluding hydrogens is 214 g/mol. The number of rotatable bonds is 4. The number of nitrogens with one attached hydrogen (secondary N) is 1. The molecule has 0 saturated heterocycles. The number of hydrogen-bond donors (Lipinski definition) is 1. The van der Waals surface area contributed by atoms with Gasteiger partial charge in [-0.25, -0.2) is 4.79 Å². The molecule has 1 aromatic carbocycles. The molecule has 0 saturated carbocycles. The summed E-state index contributed by atoms with van der Waals surface area (Å²) in [6.07, 6.45) is 0.740. The third-order valence-corrected chi connectivity index (χ3v) is 2.30. The van der Waals surface area contributed by atoms with Crippen LogP contribution in [-0.2, 0) is 9.53 Å². The zero-order chi connectivity index (χ0) is 11.3. The molecule has 0 aromatic heterocycles. The molecule has 4 heteroatoms. The molecule has 0 aliphatic carbocycles. The molecule has 1 rings (SSSR count). The molecule has 0 aliphatic heterocycles. The normalized spacial score (nSPS) is 11.7. The summed E-state index contributed by atoms with van der Waals surface area (Å²) in [5.74, 6) is 1.67. The van der Waals surface area contributed by atoms with E-state index in [1.54, 1.807) is 12.0 Å². The Hall–Kier alpha value is -1.28. The van der Waals surface area contributed by atoms with Gasteiger partial charge in [-0.2, -0.15) is 0 Å². The smallest absolute Gasteiger partial charge is 0.157 e. The van der Waals surface area contributed by atoms with Crippen molar-refractivity contribution < 1.29 is 9.53 Å². The fraction of sp³-hybridized carbons (Fsp3) is 0.273. The first kappa shape index (κ1) is 11.8. The molecule has 0 aliphatic rings. The van der Waals surface area contributed by atoms with Crippen LogP contribution in [0.3, 0.4) is 0 Å². The highest BCUT2D eigenvalue weighted by atomic mass is 35.5. The molecule has 1 N–H and O–H groups in total. The van der Waals surface area contributed by atoms with E-state index in [2.05, 4.69) is 5.32 Å². The van der Waals surface area contributed by atoms with E-state index < -0.39 is 6.23 Å². The molecule has 0 spiro atoms. The molecule has 1 atom stereocenters. The number of halogens is 1. The Balaban J connectivity index is 2.92.